The molecule has 3 N–H and O–H groups in total. The van der Waals surface area contributed by atoms with Gasteiger partial charge in [-0.3, -0.25) is 0 Å². The smallest absolute Gasteiger partial charge is 0.323 e. The van der Waals surface area contributed by atoms with Gasteiger partial charge in [0.05, 0.1) is 7.11 Å². The summed E-state index contributed by atoms with van der Waals surface area (Å²) in [7, 11) is 1.44. The zero-order chi connectivity index (χ0) is 23.0. The Bertz CT molecular complexity index is 901. The van der Waals surface area contributed by atoms with Crippen molar-refractivity contribution in [3.8, 4) is 11.8 Å². The summed E-state index contributed by atoms with van der Waals surface area (Å²) in [6, 6.07) is 5.53. The molecular weight excluding hydrogens is 423 g/mol. The van der Waals surface area contributed by atoms with Crippen LogP contribution >= 0.6 is 0 Å². The Morgan fingerprint density at radius 2 is 1.85 bits per heavy atom. The number of nitrogens with zero attached hydrogens (tertiary/aromatic N) is 3. The predicted molar refractivity (Wildman–Crippen MR) is 127 cm³/mol. The van der Waals surface area contributed by atoms with Crippen LogP contribution < -0.4 is 25.4 Å². The number of rotatable bonds is 9. The maximum Gasteiger partial charge on any atom is 0.323 e. The summed E-state index contributed by atoms with van der Waals surface area (Å²) in [5, 5.41) is 10.1. The van der Waals surface area contributed by atoms with Crippen molar-refractivity contribution >= 4 is 17.6 Å². The van der Waals surface area contributed by atoms with E-state index in [2.05, 4.69) is 37.8 Å². The van der Waals surface area contributed by atoms with Gasteiger partial charge in [0.1, 0.15) is 6.10 Å². The standard InChI is InChI=1S/C24H35FN6O2/c1-3-19(20-11-8-14-26-20)28-23-29-22(27-16-12-13-21(32-2)18(25)15-16)30-24(31-23)33-17-9-6-4-5-7-10-17/h12-13,15,17,19-20,26H,3-11,14H2,1-2H3,(H2,27,28,29,30,31). The van der Waals surface area contributed by atoms with Crippen LogP contribution in [-0.2, 0) is 0 Å². The average Bonchev–Trinajstić information content (AvgIpc) is 3.22. The molecule has 2 aliphatic rings. The maximum atomic E-state index is 14.2. The third-order valence-electron chi connectivity index (χ3n) is 6.44. The number of anilines is 3. The van der Waals surface area contributed by atoms with Gasteiger partial charge in [-0.25, -0.2) is 4.39 Å². The van der Waals surface area contributed by atoms with Gasteiger partial charge < -0.3 is 25.4 Å². The van der Waals surface area contributed by atoms with Gasteiger partial charge in [-0.15, -0.1) is 0 Å². The molecule has 0 radical (unpaired) electrons. The minimum Gasteiger partial charge on any atom is -0.494 e. The Balaban J connectivity index is 1.56. The predicted octanol–water partition coefficient (Wildman–Crippen LogP) is 4.81. The van der Waals surface area contributed by atoms with E-state index in [0.717, 1.165) is 45.1 Å². The van der Waals surface area contributed by atoms with Crippen molar-refractivity contribution in [1.29, 1.82) is 0 Å². The van der Waals surface area contributed by atoms with E-state index in [1.165, 1.54) is 32.4 Å². The molecule has 0 amide bonds. The largest absolute Gasteiger partial charge is 0.494 e. The lowest BCUT2D eigenvalue weighted by Crippen LogP contribution is -2.40. The van der Waals surface area contributed by atoms with Gasteiger partial charge >= 0.3 is 6.01 Å². The molecule has 1 aliphatic carbocycles. The Hall–Kier alpha value is -2.68. The van der Waals surface area contributed by atoms with Crippen LogP contribution in [0.1, 0.15) is 64.7 Å². The molecule has 2 fully saturated rings. The molecule has 1 saturated carbocycles. The van der Waals surface area contributed by atoms with Gasteiger partial charge in [0.15, 0.2) is 11.6 Å². The number of aromatic nitrogens is 3. The Morgan fingerprint density at radius 1 is 1.06 bits per heavy atom. The van der Waals surface area contributed by atoms with E-state index < -0.39 is 5.82 Å². The van der Waals surface area contributed by atoms with Crippen molar-refractivity contribution in [2.75, 3.05) is 24.3 Å². The van der Waals surface area contributed by atoms with Crippen LogP contribution in [0.4, 0.5) is 22.0 Å². The second-order valence-electron chi connectivity index (χ2n) is 8.83. The second-order valence-corrected chi connectivity index (χ2v) is 8.83. The first-order valence-corrected chi connectivity index (χ1v) is 12.2. The highest BCUT2D eigenvalue weighted by molar-refractivity contribution is 5.56. The molecule has 2 aromatic rings. The lowest BCUT2D eigenvalue weighted by atomic mass is 10.0. The van der Waals surface area contributed by atoms with Gasteiger partial charge in [0.25, 0.3) is 0 Å². The minimum atomic E-state index is -0.455. The molecule has 1 aliphatic heterocycles. The first kappa shape index (κ1) is 23.5. The fraction of sp³-hybridized carbons (Fsp3) is 0.625. The molecule has 9 heteroatoms. The van der Waals surface area contributed by atoms with Crippen LogP contribution in [0, 0.1) is 5.82 Å². The number of methoxy groups -OCH3 is 1. The molecule has 1 aromatic carbocycles. The highest BCUT2D eigenvalue weighted by atomic mass is 19.1. The Kier molecular flexibility index (Phi) is 8.15. The normalized spacial score (nSPS) is 20.2. The molecule has 1 saturated heterocycles. The van der Waals surface area contributed by atoms with Gasteiger partial charge in [-0.1, -0.05) is 19.8 Å². The lowest BCUT2D eigenvalue weighted by Gasteiger charge is -2.24. The molecule has 2 unspecified atom stereocenters. The van der Waals surface area contributed by atoms with Crippen LogP contribution in [0.5, 0.6) is 11.8 Å². The summed E-state index contributed by atoms with van der Waals surface area (Å²) in [5.74, 6) is 0.509. The second kappa shape index (κ2) is 11.4. The van der Waals surface area contributed by atoms with Crippen molar-refractivity contribution in [1.82, 2.24) is 20.3 Å². The summed E-state index contributed by atoms with van der Waals surface area (Å²) < 4.78 is 25.4. The van der Waals surface area contributed by atoms with Crippen molar-refractivity contribution in [2.45, 2.75) is 82.9 Å². The lowest BCUT2D eigenvalue weighted by molar-refractivity contribution is 0.168. The van der Waals surface area contributed by atoms with Crippen LogP contribution in [0.15, 0.2) is 18.2 Å². The molecule has 1 aromatic heterocycles. The molecule has 8 nitrogen and oxygen atoms in total. The van der Waals surface area contributed by atoms with E-state index in [-0.39, 0.29) is 17.9 Å². The highest BCUT2D eigenvalue weighted by Crippen LogP contribution is 2.26. The van der Waals surface area contributed by atoms with Crippen LogP contribution in [0.25, 0.3) is 0 Å². The molecule has 0 bridgehead atoms. The van der Waals surface area contributed by atoms with Gasteiger partial charge in [-0.05, 0) is 63.6 Å². The SMILES string of the molecule is CCC(Nc1nc(Nc2ccc(OC)c(F)c2)nc(OC2CCCCCC2)n1)C1CCCN1. The van der Waals surface area contributed by atoms with Gasteiger partial charge in [-0.2, -0.15) is 15.0 Å². The summed E-state index contributed by atoms with van der Waals surface area (Å²) in [6.07, 6.45) is 10.1. The average molecular weight is 459 g/mol. The molecule has 33 heavy (non-hydrogen) atoms. The van der Waals surface area contributed by atoms with E-state index >= 15 is 0 Å². The number of ether oxygens (including phenoxy) is 2. The van der Waals surface area contributed by atoms with Gasteiger partial charge in [0, 0.05) is 23.8 Å². The first-order valence-electron chi connectivity index (χ1n) is 12.2. The Labute approximate surface area is 195 Å². The molecule has 2 heterocycles. The minimum absolute atomic E-state index is 0.104. The highest BCUT2D eigenvalue weighted by Gasteiger charge is 2.25. The quantitative estimate of drug-likeness (QED) is 0.461. The van der Waals surface area contributed by atoms with Crippen LogP contribution in [0.2, 0.25) is 0 Å². The first-order chi connectivity index (χ1) is 16.1. The van der Waals surface area contributed by atoms with Crippen molar-refractivity contribution in [2.24, 2.45) is 0 Å². The van der Waals surface area contributed by atoms with E-state index in [1.54, 1.807) is 12.1 Å². The molecule has 2 atom stereocenters. The van der Waals surface area contributed by atoms with E-state index in [1.807, 2.05) is 0 Å². The van der Waals surface area contributed by atoms with E-state index in [4.69, 9.17) is 9.47 Å². The topological polar surface area (TPSA) is 93.2 Å². The number of nitrogens with one attached hydrogen (secondary N) is 3. The molecule has 0 spiro atoms. The fourth-order valence-electron chi connectivity index (χ4n) is 4.62. The zero-order valence-electron chi connectivity index (χ0n) is 19.6. The monoisotopic (exact) mass is 458 g/mol. The van der Waals surface area contributed by atoms with Crippen molar-refractivity contribution in [3.05, 3.63) is 24.0 Å². The van der Waals surface area contributed by atoms with Crippen molar-refractivity contribution in [3.63, 3.8) is 0 Å². The van der Waals surface area contributed by atoms with E-state index in [9.17, 15) is 4.39 Å². The summed E-state index contributed by atoms with van der Waals surface area (Å²) in [6.45, 7) is 3.19. The van der Waals surface area contributed by atoms with E-state index in [0.29, 0.717) is 29.6 Å². The molecule has 4 rings (SSSR count). The third kappa shape index (κ3) is 6.43. The van der Waals surface area contributed by atoms with Gasteiger partial charge in [0.2, 0.25) is 11.9 Å². The maximum absolute atomic E-state index is 14.2. The Morgan fingerprint density at radius 3 is 2.52 bits per heavy atom. The van der Waals surface area contributed by atoms with Crippen molar-refractivity contribution < 1.29 is 13.9 Å². The molecule has 180 valence electrons. The van der Waals surface area contributed by atoms with Crippen LogP contribution in [-0.4, -0.2) is 46.8 Å². The molecular formula is C24H35FN6O2. The number of hydrogen-bond donors (Lipinski definition) is 3. The summed E-state index contributed by atoms with van der Waals surface area (Å²) in [4.78, 5) is 13.6. The zero-order valence-corrected chi connectivity index (χ0v) is 19.6. The summed E-state index contributed by atoms with van der Waals surface area (Å²) >= 11 is 0. The fourth-order valence-corrected chi connectivity index (χ4v) is 4.62. The number of hydrogen-bond acceptors (Lipinski definition) is 8. The number of halogens is 1. The number of benzene rings is 1. The summed E-state index contributed by atoms with van der Waals surface area (Å²) in [5.41, 5.74) is 0.523. The third-order valence-corrected chi connectivity index (χ3v) is 6.44. The van der Waals surface area contributed by atoms with Crippen LogP contribution in [0.3, 0.4) is 0 Å².